The Kier molecular flexibility index (Phi) is 3.84. The average molecular weight is 381 g/mol. The first-order valence-electron chi connectivity index (χ1n) is 6.60. The molecule has 0 saturated carbocycles. The Labute approximate surface area is 146 Å². The summed E-state index contributed by atoms with van der Waals surface area (Å²) in [5, 5.41) is 48.8. The van der Waals surface area contributed by atoms with Crippen LogP contribution in [0.5, 0.6) is 0 Å². The van der Waals surface area contributed by atoms with Crippen LogP contribution in [0.2, 0.25) is 5.02 Å². The van der Waals surface area contributed by atoms with Crippen molar-refractivity contribution in [2.45, 2.75) is 0 Å². The number of fused-ring (bicyclic) bond motifs is 1. The highest BCUT2D eigenvalue weighted by atomic mass is 35.5. The van der Waals surface area contributed by atoms with Gasteiger partial charge in [0.2, 0.25) is 5.52 Å². The standard InChI is InChI=1S/C12H5ClN6O7/c13-8-3-6(1-2-9(8)18(23)24)15-14-12-10(16(15)20)4-7(17(21)22)5-11(12)19(25)26/h1-5H. The van der Waals surface area contributed by atoms with Crippen LogP contribution in [-0.4, -0.2) is 24.7 Å². The normalized spacial score (nSPS) is 10.8. The number of aromatic nitrogens is 3. The lowest BCUT2D eigenvalue weighted by molar-refractivity contribution is -0.664. The van der Waals surface area contributed by atoms with Crippen LogP contribution in [0.1, 0.15) is 0 Å². The summed E-state index contributed by atoms with van der Waals surface area (Å²) in [6.07, 6.45) is 0. The van der Waals surface area contributed by atoms with Crippen molar-refractivity contribution in [3.05, 3.63) is 70.9 Å². The van der Waals surface area contributed by atoms with E-state index in [9.17, 15) is 35.6 Å². The average Bonchev–Trinajstić information content (AvgIpc) is 2.90. The fraction of sp³-hybridized carbons (Fsp3) is 0. The summed E-state index contributed by atoms with van der Waals surface area (Å²) in [6, 6.07) is 4.78. The van der Waals surface area contributed by atoms with Gasteiger partial charge in [0.1, 0.15) is 10.7 Å². The second-order valence-electron chi connectivity index (χ2n) is 4.90. The van der Waals surface area contributed by atoms with Crippen LogP contribution in [0.15, 0.2) is 30.3 Å². The van der Waals surface area contributed by atoms with Crippen molar-refractivity contribution in [2.24, 2.45) is 0 Å². The predicted octanol–water partition coefficient (Wildman–Crippen LogP) is 2.04. The second kappa shape index (κ2) is 5.89. The molecule has 0 radical (unpaired) electrons. The van der Waals surface area contributed by atoms with Gasteiger partial charge in [0.25, 0.3) is 11.4 Å². The van der Waals surface area contributed by atoms with Crippen molar-refractivity contribution in [3.63, 3.8) is 0 Å². The third-order valence-corrected chi connectivity index (χ3v) is 3.70. The zero-order chi connectivity index (χ0) is 19.2. The summed E-state index contributed by atoms with van der Waals surface area (Å²) in [6.45, 7) is 0. The Morgan fingerprint density at radius 2 is 1.62 bits per heavy atom. The molecule has 132 valence electrons. The minimum absolute atomic E-state index is 0.0243. The van der Waals surface area contributed by atoms with Gasteiger partial charge < -0.3 is 5.21 Å². The summed E-state index contributed by atoms with van der Waals surface area (Å²) in [5.74, 6) is 0. The maximum atomic E-state index is 12.4. The molecule has 0 unspecified atom stereocenters. The van der Waals surface area contributed by atoms with Gasteiger partial charge >= 0.3 is 11.2 Å². The maximum absolute atomic E-state index is 12.4. The molecule has 13 nitrogen and oxygen atoms in total. The van der Waals surface area contributed by atoms with Crippen LogP contribution in [0.3, 0.4) is 0 Å². The van der Waals surface area contributed by atoms with Gasteiger partial charge in [-0.05, 0) is 16.9 Å². The van der Waals surface area contributed by atoms with Crippen molar-refractivity contribution >= 4 is 39.7 Å². The molecule has 0 saturated heterocycles. The molecule has 2 aromatic carbocycles. The van der Waals surface area contributed by atoms with E-state index in [2.05, 4.69) is 5.10 Å². The molecule has 0 bridgehead atoms. The van der Waals surface area contributed by atoms with Crippen LogP contribution >= 0.6 is 11.6 Å². The lowest BCUT2D eigenvalue weighted by atomic mass is 10.2. The topological polar surface area (TPSA) is 174 Å². The lowest BCUT2D eigenvalue weighted by Gasteiger charge is -2.04. The summed E-state index contributed by atoms with van der Waals surface area (Å²) in [7, 11) is 0. The molecule has 14 heteroatoms. The van der Waals surface area contributed by atoms with Crippen molar-refractivity contribution in [1.82, 2.24) is 9.90 Å². The largest absolute Gasteiger partial charge is 0.692 e. The number of nitro benzene ring substituents is 3. The summed E-state index contributed by atoms with van der Waals surface area (Å²) < 4.78 is 0. The van der Waals surface area contributed by atoms with Gasteiger partial charge in [-0.15, -0.1) is 4.85 Å². The van der Waals surface area contributed by atoms with E-state index in [1.54, 1.807) is 0 Å². The van der Waals surface area contributed by atoms with E-state index in [4.69, 9.17) is 11.6 Å². The van der Waals surface area contributed by atoms with Crippen LogP contribution in [-0.2, 0) is 0 Å². The van der Waals surface area contributed by atoms with Gasteiger partial charge in [0.15, 0.2) is 0 Å². The van der Waals surface area contributed by atoms with Gasteiger partial charge in [0.05, 0.1) is 32.0 Å². The zero-order valence-electron chi connectivity index (χ0n) is 12.3. The Morgan fingerprint density at radius 1 is 0.962 bits per heavy atom. The number of benzene rings is 2. The van der Waals surface area contributed by atoms with E-state index in [1.807, 2.05) is 0 Å². The molecule has 0 N–H and O–H groups in total. The molecule has 3 aromatic rings. The lowest BCUT2D eigenvalue weighted by Crippen LogP contribution is -2.37. The molecule has 0 aliphatic carbocycles. The van der Waals surface area contributed by atoms with Crippen molar-refractivity contribution in [2.75, 3.05) is 0 Å². The highest BCUT2D eigenvalue weighted by Crippen LogP contribution is 2.30. The quantitative estimate of drug-likeness (QED) is 0.286. The molecular weight excluding hydrogens is 376 g/mol. The Balaban J connectivity index is 2.29. The van der Waals surface area contributed by atoms with Crippen LogP contribution in [0.25, 0.3) is 16.7 Å². The molecule has 0 aliphatic rings. The molecule has 0 fully saturated rings. The smallest absolute Gasteiger partial charge is 0.334 e. The minimum atomic E-state index is -0.907. The molecule has 0 aliphatic heterocycles. The van der Waals surface area contributed by atoms with Gasteiger partial charge in [0, 0.05) is 6.07 Å². The Morgan fingerprint density at radius 3 is 2.15 bits per heavy atom. The molecule has 1 heterocycles. The molecule has 0 atom stereocenters. The van der Waals surface area contributed by atoms with E-state index in [0.717, 1.165) is 24.3 Å². The fourth-order valence-corrected chi connectivity index (χ4v) is 2.49. The maximum Gasteiger partial charge on any atom is 0.334 e. The molecule has 3 rings (SSSR count). The van der Waals surface area contributed by atoms with Crippen LogP contribution < -0.4 is 4.85 Å². The molecule has 1 aromatic heterocycles. The van der Waals surface area contributed by atoms with Crippen molar-refractivity contribution in [3.8, 4) is 5.69 Å². The first-order chi connectivity index (χ1) is 12.2. The monoisotopic (exact) mass is 380 g/mol. The minimum Gasteiger partial charge on any atom is -0.692 e. The highest BCUT2D eigenvalue weighted by molar-refractivity contribution is 6.32. The number of non-ortho nitro benzene ring substituents is 2. The Bertz CT molecular complexity index is 1110. The van der Waals surface area contributed by atoms with Gasteiger partial charge in [-0.1, -0.05) is 11.6 Å². The molecule has 0 spiro atoms. The molecular formula is C12H5ClN6O7. The third-order valence-electron chi connectivity index (χ3n) is 3.39. The van der Waals surface area contributed by atoms with Gasteiger partial charge in [-0.2, -0.15) is 0 Å². The fourth-order valence-electron chi connectivity index (χ4n) is 2.25. The summed E-state index contributed by atoms with van der Waals surface area (Å²) in [4.78, 5) is 31.1. The number of hydrogen-bond acceptors (Lipinski definition) is 8. The van der Waals surface area contributed by atoms with E-state index < -0.39 is 37.3 Å². The van der Waals surface area contributed by atoms with Crippen LogP contribution in [0, 0.1) is 35.6 Å². The second-order valence-corrected chi connectivity index (χ2v) is 5.31. The highest BCUT2D eigenvalue weighted by Gasteiger charge is 2.31. The zero-order valence-corrected chi connectivity index (χ0v) is 13.1. The van der Waals surface area contributed by atoms with E-state index >= 15 is 0 Å². The SMILES string of the molecule is O=[N+]([O-])c1cc([N+](=O)[O-])c2nn(-c3ccc([N+](=O)[O-])c(Cl)c3)[n+]([O-])c2c1. The number of hydrogen-bond donors (Lipinski definition) is 0. The number of nitrogens with zero attached hydrogens (tertiary/aromatic N) is 6. The third kappa shape index (κ3) is 2.61. The van der Waals surface area contributed by atoms with E-state index in [1.165, 1.54) is 0 Å². The number of halogens is 1. The Hall–Kier alpha value is -3.87. The van der Waals surface area contributed by atoms with E-state index in [0.29, 0.717) is 10.9 Å². The van der Waals surface area contributed by atoms with Crippen LogP contribution in [0.4, 0.5) is 17.1 Å². The summed E-state index contributed by atoms with van der Waals surface area (Å²) in [5.41, 5.74) is -2.62. The predicted molar refractivity (Wildman–Crippen MR) is 85.0 cm³/mol. The first-order valence-corrected chi connectivity index (χ1v) is 6.98. The van der Waals surface area contributed by atoms with Gasteiger partial charge in [-0.3, -0.25) is 30.3 Å². The van der Waals surface area contributed by atoms with Gasteiger partial charge in [-0.25, -0.2) is 0 Å². The summed E-state index contributed by atoms with van der Waals surface area (Å²) >= 11 is 5.78. The van der Waals surface area contributed by atoms with Crippen molar-refractivity contribution < 1.29 is 19.6 Å². The van der Waals surface area contributed by atoms with Crippen molar-refractivity contribution in [1.29, 1.82) is 0 Å². The van der Waals surface area contributed by atoms with E-state index in [-0.39, 0.29) is 21.1 Å². The number of nitro groups is 3. The first kappa shape index (κ1) is 17.0. The molecule has 26 heavy (non-hydrogen) atoms. The number of rotatable bonds is 4. The molecule has 0 amide bonds.